The summed E-state index contributed by atoms with van der Waals surface area (Å²) in [5, 5.41) is 8.54. The average Bonchev–Trinajstić information content (AvgIpc) is 2.09. The van der Waals surface area contributed by atoms with Crippen molar-refractivity contribution in [1.82, 2.24) is 0 Å². The maximum Gasteiger partial charge on any atom is 0.387 e. The van der Waals surface area contributed by atoms with Gasteiger partial charge in [-0.15, -0.1) is 0 Å². The molecule has 0 aromatic heterocycles. The van der Waals surface area contributed by atoms with E-state index in [9.17, 15) is 18.0 Å². The molecule has 0 amide bonds. The Morgan fingerprint density at radius 2 is 2.12 bits per heavy atom. The number of benzene rings is 1. The highest BCUT2D eigenvalue weighted by Crippen LogP contribution is 2.26. The molecule has 0 saturated heterocycles. The van der Waals surface area contributed by atoms with Crippen LogP contribution in [-0.2, 0) is 11.2 Å². The maximum atomic E-state index is 13.3. The fraction of sp³-hybridized carbons (Fsp3) is 0.300. The molecule has 0 unspecified atom stereocenters. The minimum absolute atomic E-state index is 0.106. The van der Waals surface area contributed by atoms with Crippen LogP contribution in [0.4, 0.5) is 13.2 Å². The summed E-state index contributed by atoms with van der Waals surface area (Å²) in [6, 6.07) is 2.30. The highest BCUT2D eigenvalue weighted by atomic mass is 19.3. The number of carbonyl (C=O) groups is 1. The van der Waals surface area contributed by atoms with Gasteiger partial charge in [-0.05, 0) is 18.6 Å². The van der Waals surface area contributed by atoms with Gasteiger partial charge in [-0.25, -0.2) is 4.39 Å². The van der Waals surface area contributed by atoms with Crippen molar-refractivity contribution in [3.05, 3.63) is 29.1 Å². The Morgan fingerprint density at radius 1 is 1.50 bits per heavy atom. The van der Waals surface area contributed by atoms with Crippen molar-refractivity contribution in [1.29, 1.82) is 0 Å². The number of carboxylic acids is 1. The van der Waals surface area contributed by atoms with Gasteiger partial charge < -0.3 is 9.84 Å². The lowest BCUT2D eigenvalue weighted by molar-refractivity contribution is -0.136. The third-order valence-corrected chi connectivity index (χ3v) is 1.81. The molecule has 0 atom stereocenters. The number of aryl methyl sites for hydroxylation is 1. The molecule has 16 heavy (non-hydrogen) atoms. The summed E-state index contributed by atoms with van der Waals surface area (Å²) in [6.07, 6.45) is -0.569. The topological polar surface area (TPSA) is 46.5 Å². The third-order valence-electron chi connectivity index (χ3n) is 1.81. The number of rotatable bonds is 4. The number of alkyl halides is 2. The van der Waals surface area contributed by atoms with Crippen molar-refractivity contribution in [2.24, 2.45) is 0 Å². The largest absolute Gasteiger partial charge is 0.481 e. The molecule has 0 radical (unpaired) electrons. The smallest absolute Gasteiger partial charge is 0.387 e. The van der Waals surface area contributed by atoms with E-state index in [1.54, 1.807) is 0 Å². The van der Waals surface area contributed by atoms with Gasteiger partial charge in [-0.2, -0.15) is 8.78 Å². The SMILES string of the molecule is Cc1cc(F)c(OC(F)F)c(CC(=O)O)c1. The first-order chi connectivity index (χ1) is 7.40. The van der Waals surface area contributed by atoms with Crippen LogP contribution in [-0.4, -0.2) is 17.7 Å². The van der Waals surface area contributed by atoms with Crippen LogP contribution < -0.4 is 4.74 Å². The zero-order chi connectivity index (χ0) is 12.3. The second kappa shape index (κ2) is 4.87. The van der Waals surface area contributed by atoms with Crippen LogP contribution >= 0.6 is 0 Å². The van der Waals surface area contributed by atoms with E-state index in [1.165, 1.54) is 13.0 Å². The van der Waals surface area contributed by atoms with Crippen molar-refractivity contribution >= 4 is 5.97 Å². The fourth-order valence-corrected chi connectivity index (χ4v) is 1.32. The van der Waals surface area contributed by atoms with Crippen molar-refractivity contribution in [3.63, 3.8) is 0 Å². The molecule has 6 heteroatoms. The molecule has 0 aliphatic carbocycles. The average molecular weight is 234 g/mol. The summed E-state index contributed by atoms with van der Waals surface area (Å²) in [6.45, 7) is -1.66. The van der Waals surface area contributed by atoms with Crippen molar-refractivity contribution < 1.29 is 27.8 Å². The van der Waals surface area contributed by atoms with Crippen molar-refractivity contribution in [2.75, 3.05) is 0 Å². The highest BCUT2D eigenvalue weighted by Gasteiger charge is 2.17. The molecular formula is C10H9F3O3. The third kappa shape index (κ3) is 3.15. The van der Waals surface area contributed by atoms with Crippen LogP contribution in [0.1, 0.15) is 11.1 Å². The van der Waals surface area contributed by atoms with E-state index in [0.29, 0.717) is 5.56 Å². The summed E-state index contributed by atoms with van der Waals surface area (Å²) >= 11 is 0. The highest BCUT2D eigenvalue weighted by molar-refractivity contribution is 5.71. The molecule has 0 fully saturated rings. The number of halogens is 3. The van der Waals surface area contributed by atoms with Gasteiger partial charge in [0, 0.05) is 5.56 Å². The van der Waals surface area contributed by atoms with Gasteiger partial charge in [0.1, 0.15) is 0 Å². The molecule has 1 N–H and O–H groups in total. The number of ether oxygens (including phenoxy) is 1. The number of hydrogen-bond donors (Lipinski definition) is 1. The molecule has 1 aromatic rings. The maximum absolute atomic E-state index is 13.3. The molecule has 1 aromatic carbocycles. The van der Waals surface area contributed by atoms with Crippen LogP contribution in [0.5, 0.6) is 5.75 Å². The Bertz CT molecular complexity index is 405. The minimum atomic E-state index is -3.19. The lowest BCUT2D eigenvalue weighted by Crippen LogP contribution is -2.09. The van der Waals surface area contributed by atoms with E-state index in [0.717, 1.165) is 6.07 Å². The van der Waals surface area contributed by atoms with Gasteiger partial charge in [0.25, 0.3) is 0 Å². The number of carboxylic acid groups (broad SMARTS) is 1. The first-order valence-electron chi connectivity index (χ1n) is 4.35. The summed E-state index contributed by atoms with van der Waals surface area (Å²) in [7, 11) is 0. The number of aliphatic carboxylic acids is 1. The van der Waals surface area contributed by atoms with Gasteiger partial charge in [0.05, 0.1) is 6.42 Å². The van der Waals surface area contributed by atoms with Gasteiger partial charge in [0.15, 0.2) is 11.6 Å². The van der Waals surface area contributed by atoms with Crippen LogP contribution in [0.25, 0.3) is 0 Å². The zero-order valence-electron chi connectivity index (χ0n) is 8.34. The molecule has 0 heterocycles. The van der Waals surface area contributed by atoms with Crippen LogP contribution in [0, 0.1) is 12.7 Å². The van der Waals surface area contributed by atoms with E-state index in [1.807, 2.05) is 0 Å². The first kappa shape index (κ1) is 12.4. The quantitative estimate of drug-likeness (QED) is 0.869. The second-order valence-electron chi connectivity index (χ2n) is 3.18. The fourth-order valence-electron chi connectivity index (χ4n) is 1.32. The lowest BCUT2D eigenvalue weighted by atomic mass is 10.1. The van der Waals surface area contributed by atoms with Gasteiger partial charge in [-0.3, -0.25) is 4.79 Å². The molecule has 0 spiro atoms. The Hall–Kier alpha value is -1.72. The van der Waals surface area contributed by atoms with E-state index < -0.39 is 30.6 Å². The Kier molecular flexibility index (Phi) is 3.76. The van der Waals surface area contributed by atoms with Crippen molar-refractivity contribution in [3.8, 4) is 5.75 Å². The van der Waals surface area contributed by atoms with Crippen LogP contribution in [0.2, 0.25) is 0 Å². The van der Waals surface area contributed by atoms with Gasteiger partial charge in [0.2, 0.25) is 0 Å². The van der Waals surface area contributed by atoms with E-state index >= 15 is 0 Å². The molecule has 3 nitrogen and oxygen atoms in total. The second-order valence-corrected chi connectivity index (χ2v) is 3.18. The standard InChI is InChI=1S/C10H9F3O3/c1-5-2-6(4-8(14)15)9(7(11)3-5)16-10(12)13/h2-3,10H,4H2,1H3,(H,14,15). The van der Waals surface area contributed by atoms with E-state index in [2.05, 4.69) is 4.74 Å². The molecule has 0 saturated carbocycles. The molecular weight excluding hydrogens is 225 g/mol. The predicted molar refractivity (Wildman–Crippen MR) is 49.1 cm³/mol. The molecule has 0 aliphatic heterocycles. The van der Waals surface area contributed by atoms with E-state index in [4.69, 9.17) is 5.11 Å². The van der Waals surface area contributed by atoms with Crippen LogP contribution in [0.15, 0.2) is 12.1 Å². The summed E-state index contributed by atoms with van der Waals surface area (Å²) < 4.78 is 41.2. The zero-order valence-corrected chi connectivity index (χ0v) is 8.34. The predicted octanol–water partition coefficient (Wildman–Crippen LogP) is 2.36. The minimum Gasteiger partial charge on any atom is -0.481 e. The summed E-state index contributed by atoms with van der Waals surface area (Å²) in [5.41, 5.74) is 0.334. The Labute approximate surface area is 89.5 Å². The molecule has 0 bridgehead atoms. The Balaban J connectivity index is 3.15. The number of hydrogen-bond acceptors (Lipinski definition) is 2. The van der Waals surface area contributed by atoms with E-state index in [-0.39, 0.29) is 5.56 Å². The summed E-state index contributed by atoms with van der Waals surface area (Å²) in [4.78, 5) is 10.5. The lowest BCUT2D eigenvalue weighted by Gasteiger charge is -2.11. The Morgan fingerprint density at radius 3 is 2.62 bits per heavy atom. The molecule has 1 rings (SSSR count). The molecule has 88 valence electrons. The van der Waals surface area contributed by atoms with Crippen molar-refractivity contribution in [2.45, 2.75) is 20.0 Å². The normalized spacial score (nSPS) is 10.6. The monoisotopic (exact) mass is 234 g/mol. The molecule has 0 aliphatic rings. The van der Waals surface area contributed by atoms with Crippen LogP contribution in [0.3, 0.4) is 0 Å². The summed E-state index contributed by atoms with van der Waals surface area (Å²) in [5.74, 6) is -2.94. The van der Waals surface area contributed by atoms with Gasteiger partial charge >= 0.3 is 12.6 Å². The van der Waals surface area contributed by atoms with Gasteiger partial charge in [-0.1, -0.05) is 6.07 Å². The first-order valence-corrected chi connectivity index (χ1v) is 4.35.